The van der Waals surface area contributed by atoms with Crippen LogP contribution in [0.25, 0.3) is 11.1 Å². The van der Waals surface area contributed by atoms with Crippen LogP contribution in [0.2, 0.25) is 0 Å². The molecule has 2 rings (SSSR count). The molecule has 0 aromatic carbocycles. The number of hydrogen-bond acceptors (Lipinski definition) is 4. The van der Waals surface area contributed by atoms with Gasteiger partial charge in [-0.1, -0.05) is 25.7 Å². The van der Waals surface area contributed by atoms with Crippen LogP contribution in [-0.2, 0) is 4.79 Å². The van der Waals surface area contributed by atoms with Crippen LogP contribution in [0.1, 0.15) is 51.4 Å². The van der Waals surface area contributed by atoms with Crippen molar-refractivity contribution in [2.75, 3.05) is 12.4 Å². The molecule has 6 heteroatoms. The van der Waals surface area contributed by atoms with Gasteiger partial charge in [-0.25, -0.2) is 4.98 Å². The monoisotopic (exact) mass is 341 g/mol. The van der Waals surface area contributed by atoms with E-state index in [9.17, 15) is 4.79 Å². The number of amides is 1. The molecule has 1 amide bonds. The predicted molar refractivity (Wildman–Crippen MR) is 104 cm³/mol. The fourth-order valence-electron chi connectivity index (χ4n) is 2.50. The number of aromatic amines is 1. The molecule has 0 aliphatic heterocycles. The van der Waals surface area contributed by atoms with E-state index in [1.807, 2.05) is 32.9 Å². The summed E-state index contributed by atoms with van der Waals surface area (Å²) in [7, 11) is 1.76. The molecule has 0 saturated heterocycles. The minimum Gasteiger partial charge on any atom is -0.323 e. The average Bonchev–Trinajstić information content (AvgIpc) is 3.39. The van der Waals surface area contributed by atoms with Crippen LogP contribution in [0.5, 0.6) is 0 Å². The van der Waals surface area contributed by atoms with Crippen molar-refractivity contribution in [1.82, 2.24) is 15.4 Å². The second kappa shape index (κ2) is 8.46. The van der Waals surface area contributed by atoms with E-state index in [1.54, 1.807) is 13.3 Å². The van der Waals surface area contributed by atoms with Gasteiger partial charge in [0.1, 0.15) is 0 Å². The lowest BCUT2D eigenvalue weighted by molar-refractivity contribution is -0.117. The van der Waals surface area contributed by atoms with Crippen molar-refractivity contribution in [3.63, 3.8) is 0 Å². The van der Waals surface area contributed by atoms with E-state index in [0.29, 0.717) is 5.95 Å². The highest BCUT2D eigenvalue weighted by atomic mass is 16.2. The van der Waals surface area contributed by atoms with Crippen molar-refractivity contribution in [3.05, 3.63) is 35.7 Å². The first kappa shape index (κ1) is 18.7. The molecule has 0 spiro atoms. The maximum atomic E-state index is 12.1. The Morgan fingerprint density at radius 3 is 2.64 bits per heavy atom. The highest BCUT2D eigenvalue weighted by Gasteiger charge is 2.30. The zero-order valence-corrected chi connectivity index (χ0v) is 15.4. The van der Waals surface area contributed by atoms with Crippen LogP contribution in [0.15, 0.2) is 29.4 Å². The third-order valence-corrected chi connectivity index (χ3v) is 4.17. The van der Waals surface area contributed by atoms with Crippen LogP contribution < -0.4 is 10.7 Å². The molecule has 1 heterocycles. The Bertz CT molecular complexity index is 735. The number of hydrazone groups is 1. The molecule has 0 atom stereocenters. The summed E-state index contributed by atoms with van der Waals surface area (Å²) in [6, 6.07) is 0. The molecule has 1 aromatic heterocycles. The fraction of sp³-hybridized carbons (Fsp3) is 0.421. The van der Waals surface area contributed by atoms with E-state index in [4.69, 9.17) is 0 Å². The largest absolute Gasteiger partial charge is 0.323 e. The normalized spacial score (nSPS) is 15.5. The van der Waals surface area contributed by atoms with Crippen LogP contribution in [-0.4, -0.2) is 29.1 Å². The summed E-state index contributed by atoms with van der Waals surface area (Å²) in [5, 5.41) is 6.99. The molecule has 25 heavy (non-hydrogen) atoms. The first-order chi connectivity index (χ1) is 12.0. The molecule has 134 valence electrons. The molecule has 6 nitrogen and oxygen atoms in total. The molecule has 0 unspecified atom stereocenters. The third kappa shape index (κ3) is 4.47. The summed E-state index contributed by atoms with van der Waals surface area (Å²) in [6.45, 7) is 10.1. The maximum Gasteiger partial charge on any atom is 0.229 e. The summed E-state index contributed by atoms with van der Waals surface area (Å²) in [4.78, 5) is 19.9. The van der Waals surface area contributed by atoms with Crippen LogP contribution in [0, 0.1) is 5.92 Å². The number of nitrogens with zero attached hydrogens (tertiary/aromatic N) is 2. The molecule has 1 aliphatic carbocycles. The second-order valence-corrected chi connectivity index (χ2v) is 5.96. The number of carbonyl (C=O) groups is 1. The predicted octanol–water partition coefficient (Wildman–Crippen LogP) is 3.74. The molecule has 0 bridgehead atoms. The zero-order chi connectivity index (χ0) is 18.4. The molecule has 1 aromatic rings. The number of imidazole rings is 1. The van der Waals surface area contributed by atoms with Gasteiger partial charge in [0, 0.05) is 18.5 Å². The molecular formula is C19H27N5O. The summed E-state index contributed by atoms with van der Waals surface area (Å²) in [5.74, 6) is 0.622. The van der Waals surface area contributed by atoms with E-state index >= 15 is 0 Å². The lowest BCUT2D eigenvalue weighted by Crippen LogP contribution is -2.14. The van der Waals surface area contributed by atoms with Gasteiger partial charge < -0.3 is 10.4 Å². The van der Waals surface area contributed by atoms with Gasteiger partial charge in [0.25, 0.3) is 0 Å². The lowest BCUT2D eigenvalue weighted by atomic mass is 9.98. The highest BCUT2D eigenvalue weighted by Crippen LogP contribution is 2.32. The van der Waals surface area contributed by atoms with Gasteiger partial charge in [-0.2, -0.15) is 5.10 Å². The Balaban J connectivity index is 2.41. The smallest absolute Gasteiger partial charge is 0.229 e. The number of rotatable bonds is 8. The van der Waals surface area contributed by atoms with E-state index < -0.39 is 0 Å². The SMILES string of the molecule is C=C(CC)c1nc(NC(=O)C2CC2)[nH]c1C(=C\C)/C(/C=N\NC)=C/C. The van der Waals surface area contributed by atoms with Gasteiger partial charge in [0.15, 0.2) is 0 Å². The van der Waals surface area contributed by atoms with Crippen molar-refractivity contribution in [3.8, 4) is 0 Å². The maximum absolute atomic E-state index is 12.1. The Kier molecular flexibility index (Phi) is 6.33. The third-order valence-electron chi connectivity index (χ3n) is 4.17. The number of hydrogen-bond donors (Lipinski definition) is 3. The summed E-state index contributed by atoms with van der Waals surface area (Å²) >= 11 is 0. The second-order valence-electron chi connectivity index (χ2n) is 5.96. The van der Waals surface area contributed by atoms with E-state index in [-0.39, 0.29) is 11.8 Å². The van der Waals surface area contributed by atoms with E-state index in [0.717, 1.165) is 47.4 Å². The molecular weight excluding hydrogens is 314 g/mol. The van der Waals surface area contributed by atoms with Gasteiger partial charge >= 0.3 is 0 Å². The van der Waals surface area contributed by atoms with Gasteiger partial charge in [-0.3, -0.25) is 10.1 Å². The Morgan fingerprint density at radius 2 is 2.12 bits per heavy atom. The van der Waals surface area contributed by atoms with Crippen LogP contribution >= 0.6 is 0 Å². The summed E-state index contributed by atoms with van der Waals surface area (Å²) in [6.07, 6.45) is 8.44. The van der Waals surface area contributed by atoms with E-state index in [1.165, 1.54) is 0 Å². The van der Waals surface area contributed by atoms with Gasteiger partial charge in [-0.05, 0) is 44.3 Å². The topological polar surface area (TPSA) is 82.2 Å². The summed E-state index contributed by atoms with van der Waals surface area (Å²) in [5.41, 5.74) is 7.21. The van der Waals surface area contributed by atoms with Crippen molar-refractivity contribution in [2.24, 2.45) is 11.0 Å². The minimum absolute atomic E-state index is 0.0268. The Labute approximate surface area is 149 Å². The fourth-order valence-corrected chi connectivity index (χ4v) is 2.50. The standard InChI is InChI=1S/C19H27N5O/c1-6-12(4)16-17(15(8-3)13(7-2)11-21-20-5)23-19(22-16)24-18(25)14-9-10-14/h7-8,11,14,20H,4,6,9-10H2,1-3,5H3,(H2,22,23,24,25)/b13-7+,15-8-,21-11-. The quantitative estimate of drug-likeness (QED) is 0.383. The van der Waals surface area contributed by atoms with Gasteiger partial charge in [-0.15, -0.1) is 0 Å². The van der Waals surface area contributed by atoms with Crippen molar-refractivity contribution in [1.29, 1.82) is 0 Å². The lowest BCUT2D eigenvalue weighted by Gasteiger charge is -2.09. The number of aromatic nitrogens is 2. The summed E-state index contributed by atoms with van der Waals surface area (Å²) < 4.78 is 0. The number of nitrogens with one attached hydrogen (secondary N) is 3. The first-order valence-corrected chi connectivity index (χ1v) is 8.67. The van der Waals surface area contributed by atoms with Crippen LogP contribution in [0.4, 0.5) is 5.95 Å². The van der Waals surface area contributed by atoms with Crippen LogP contribution in [0.3, 0.4) is 0 Å². The van der Waals surface area contributed by atoms with Crippen molar-refractivity contribution < 1.29 is 4.79 Å². The number of allylic oxidation sites excluding steroid dienone is 5. The number of H-pyrrole nitrogens is 1. The molecule has 1 fully saturated rings. The number of carbonyl (C=O) groups excluding carboxylic acids is 1. The molecule has 3 N–H and O–H groups in total. The Hall–Kier alpha value is -2.63. The van der Waals surface area contributed by atoms with E-state index in [2.05, 4.69) is 32.4 Å². The number of anilines is 1. The average molecular weight is 341 g/mol. The molecule has 1 aliphatic rings. The minimum atomic E-state index is 0.0268. The van der Waals surface area contributed by atoms with Crippen molar-refractivity contribution >= 4 is 29.2 Å². The van der Waals surface area contributed by atoms with Crippen molar-refractivity contribution in [2.45, 2.75) is 40.0 Å². The van der Waals surface area contributed by atoms with Gasteiger partial charge in [0.2, 0.25) is 11.9 Å². The zero-order valence-electron chi connectivity index (χ0n) is 15.4. The Morgan fingerprint density at radius 1 is 1.40 bits per heavy atom. The molecule has 1 saturated carbocycles. The first-order valence-electron chi connectivity index (χ1n) is 8.67. The van der Waals surface area contributed by atoms with Gasteiger partial charge in [0.05, 0.1) is 17.6 Å². The molecule has 0 radical (unpaired) electrons. The highest BCUT2D eigenvalue weighted by molar-refractivity contribution is 6.02.